The summed E-state index contributed by atoms with van der Waals surface area (Å²) in [6.45, 7) is 0. The van der Waals surface area contributed by atoms with E-state index < -0.39 is 0 Å². The second-order valence-corrected chi connectivity index (χ2v) is 2.87. The van der Waals surface area contributed by atoms with E-state index in [2.05, 4.69) is 18.7 Å². The van der Waals surface area contributed by atoms with Gasteiger partial charge in [0.15, 0.2) is 0 Å². The van der Waals surface area contributed by atoms with Crippen LogP contribution < -0.4 is 0 Å². The molecule has 0 bridgehead atoms. The maximum atomic E-state index is 4.29. The predicted molar refractivity (Wildman–Crippen MR) is 40.2 cm³/mol. The highest BCUT2D eigenvalue weighted by Crippen LogP contribution is 2.18. The zero-order valence-electron chi connectivity index (χ0n) is 5.06. The van der Waals surface area contributed by atoms with Gasteiger partial charge < -0.3 is 0 Å². The predicted octanol–water partition coefficient (Wildman–Crippen LogP) is 2.76. The Morgan fingerprint density at radius 2 is 2.12 bits per heavy atom. The van der Waals surface area contributed by atoms with Crippen LogP contribution in [0.25, 0.3) is 0 Å². The molecule has 0 spiro atoms. The smallest absolute Gasteiger partial charge is 0.0224 e. The molecule has 0 radical (unpaired) electrons. The Kier molecular flexibility index (Phi) is 2.47. The summed E-state index contributed by atoms with van der Waals surface area (Å²) in [4.78, 5) is 1.29. The van der Waals surface area contributed by atoms with E-state index in [-0.39, 0.29) is 0 Å². The third kappa shape index (κ3) is 1.91. The number of rotatable bonds is 0. The van der Waals surface area contributed by atoms with Crippen LogP contribution in [0.3, 0.4) is 0 Å². The minimum atomic E-state index is 1.21. The Balaban J connectivity index is 2.36. The molecule has 0 fully saturated rings. The highest BCUT2D eigenvalue weighted by molar-refractivity contribution is 7.84. The van der Waals surface area contributed by atoms with Gasteiger partial charge in [-0.25, -0.2) is 0 Å². The van der Waals surface area contributed by atoms with Crippen LogP contribution in [0.4, 0.5) is 0 Å². The molecule has 0 saturated heterocycles. The summed E-state index contributed by atoms with van der Waals surface area (Å²) in [5.74, 6) is 0. The monoisotopic (exact) mass is 128 g/mol. The lowest BCUT2D eigenvalue weighted by atomic mass is 10.2. The zero-order valence-corrected chi connectivity index (χ0v) is 5.95. The zero-order chi connectivity index (χ0) is 5.82. The van der Waals surface area contributed by atoms with Gasteiger partial charge in [-0.05, 0) is 30.6 Å². The summed E-state index contributed by atoms with van der Waals surface area (Å²) in [7, 11) is 0. The fourth-order valence-corrected chi connectivity index (χ4v) is 1.29. The lowest BCUT2D eigenvalue weighted by Gasteiger charge is -1.90. The van der Waals surface area contributed by atoms with E-state index in [4.69, 9.17) is 0 Å². The van der Waals surface area contributed by atoms with Gasteiger partial charge in [-0.2, -0.15) is 0 Å². The molecule has 1 aliphatic carbocycles. The Labute approximate surface area is 56.4 Å². The highest BCUT2D eigenvalue weighted by atomic mass is 32.1. The van der Waals surface area contributed by atoms with E-state index in [0.717, 1.165) is 0 Å². The number of allylic oxidation sites excluding steroid dienone is 2. The van der Waals surface area contributed by atoms with Crippen molar-refractivity contribution in [2.75, 3.05) is 0 Å². The average molecular weight is 128 g/mol. The molecule has 0 saturated carbocycles. The van der Waals surface area contributed by atoms with Gasteiger partial charge in [-0.1, -0.05) is 12.5 Å². The van der Waals surface area contributed by atoms with Crippen molar-refractivity contribution in [3.63, 3.8) is 0 Å². The third-order valence-corrected chi connectivity index (χ3v) is 1.92. The number of hydrogen-bond donors (Lipinski definition) is 1. The van der Waals surface area contributed by atoms with Crippen LogP contribution in [0.15, 0.2) is 11.0 Å². The molecule has 0 aromatic heterocycles. The van der Waals surface area contributed by atoms with Gasteiger partial charge in [0, 0.05) is 0 Å². The first-order valence-corrected chi connectivity index (χ1v) is 3.72. The van der Waals surface area contributed by atoms with Gasteiger partial charge in [0.05, 0.1) is 0 Å². The molecule has 1 aliphatic rings. The van der Waals surface area contributed by atoms with Crippen molar-refractivity contribution in [2.45, 2.75) is 32.1 Å². The Morgan fingerprint density at radius 1 is 1.25 bits per heavy atom. The van der Waals surface area contributed by atoms with Crippen molar-refractivity contribution in [1.82, 2.24) is 0 Å². The van der Waals surface area contributed by atoms with Crippen LogP contribution >= 0.6 is 12.6 Å². The van der Waals surface area contributed by atoms with Crippen molar-refractivity contribution >= 4 is 12.6 Å². The van der Waals surface area contributed by atoms with Gasteiger partial charge in [-0.3, -0.25) is 0 Å². The number of thiol groups is 1. The molecule has 0 amide bonds. The molecule has 0 aromatic rings. The Morgan fingerprint density at radius 3 is 3.00 bits per heavy atom. The first-order valence-electron chi connectivity index (χ1n) is 3.27. The summed E-state index contributed by atoms with van der Waals surface area (Å²) in [5.41, 5.74) is 0. The van der Waals surface area contributed by atoms with Gasteiger partial charge >= 0.3 is 0 Å². The second kappa shape index (κ2) is 3.18. The maximum absolute atomic E-state index is 4.29. The van der Waals surface area contributed by atoms with Crippen LogP contribution in [0, 0.1) is 0 Å². The molecule has 8 heavy (non-hydrogen) atoms. The molecule has 0 aromatic carbocycles. The van der Waals surface area contributed by atoms with Crippen LogP contribution in [-0.2, 0) is 0 Å². The summed E-state index contributed by atoms with van der Waals surface area (Å²) >= 11 is 4.29. The molecule has 0 N–H and O–H groups in total. The average Bonchev–Trinajstić information content (AvgIpc) is 1.94. The van der Waals surface area contributed by atoms with Crippen LogP contribution in [0.2, 0.25) is 0 Å². The minimum absolute atomic E-state index is 1.21. The van der Waals surface area contributed by atoms with E-state index in [1.54, 1.807) is 0 Å². The van der Waals surface area contributed by atoms with Crippen molar-refractivity contribution in [3.05, 3.63) is 11.0 Å². The van der Waals surface area contributed by atoms with Crippen LogP contribution in [0.1, 0.15) is 32.1 Å². The molecule has 0 nitrogen and oxygen atoms in total. The molecule has 0 unspecified atom stereocenters. The molecular formula is C7H12S. The molecule has 0 heterocycles. The fourth-order valence-electron chi connectivity index (χ4n) is 0.998. The summed E-state index contributed by atoms with van der Waals surface area (Å²) in [6, 6.07) is 0. The Bertz CT molecular complexity index is 94.6. The van der Waals surface area contributed by atoms with Crippen molar-refractivity contribution in [3.8, 4) is 0 Å². The quantitative estimate of drug-likeness (QED) is 0.476. The molecule has 0 aliphatic heterocycles. The van der Waals surface area contributed by atoms with E-state index in [9.17, 15) is 0 Å². The van der Waals surface area contributed by atoms with Gasteiger partial charge in [0.2, 0.25) is 0 Å². The van der Waals surface area contributed by atoms with E-state index in [0.29, 0.717) is 0 Å². The third-order valence-electron chi connectivity index (χ3n) is 1.52. The standard InChI is InChI=1S/C7H12S/c8-7-5-3-1-2-4-6-7/h5,8H,1-4,6H2. The van der Waals surface area contributed by atoms with E-state index in [1.165, 1.54) is 37.0 Å². The van der Waals surface area contributed by atoms with Crippen LogP contribution in [-0.4, -0.2) is 0 Å². The van der Waals surface area contributed by atoms with Crippen LogP contribution in [0.5, 0.6) is 0 Å². The first kappa shape index (κ1) is 6.21. The molecular weight excluding hydrogens is 116 g/mol. The van der Waals surface area contributed by atoms with Gasteiger partial charge in [0.1, 0.15) is 0 Å². The SMILES string of the molecule is SC1=CCCCCC1. The van der Waals surface area contributed by atoms with Crippen molar-refractivity contribution in [2.24, 2.45) is 0 Å². The largest absolute Gasteiger partial charge is 0.148 e. The normalized spacial score (nSPS) is 21.9. The summed E-state index contributed by atoms with van der Waals surface area (Å²) < 4.78 is 0. The minimum Gasteiger partial charge on any atom is -0.148 e. The van der Waals surface area contributed by atoms with Gasteiger partial charge in [-0.15, -0.1) is 12.6 Å². The maximum Gasteiger partial charge on any atom is -0.0224 e. The first-order chi connectivity index (χ1) is 3.89. The van der Waals surface area contributed by atoms with E-state index in [1.807, 2.05) is 0 Å². The second-order valence-electron chi connectivity index (χ2n) is 2.29. The topological polar surface area (TPSA) is 0 Å². The van der Waals surface area contributed by atoms with E-state index >= 15 is 0 Å². The summed E-state index contributed by atoms with van der Waals surface area (Å²) in [6.07, 6.45) is 8.80. The highest BCUT2D eigenvalue weighted by Gasteiger charge is 1.96. The molecule has 0 atom stereocenters. The number of hydrogen-bond acceptors (Lipinski definition) is 1. The fraction of sp³-hybridized carbons (Fsp3) is 0.714. The molecule has 1 rings (SSSR count). The lowest BCUT2D eigenvalue weighted by Crippen LogP contribution is -1.69. The molecule has 46 valence electrons. The lowest BCUT2D eigenvalue weighted by molar-refractivity contribution is 0.716. The Hall–Kier alpha value is 0.0900. The van der Waals surface area contributed by atoms with Gasteiger partial charge in [0.25, 0.3) is 0 Å². The van der Waals surface area contributed by atoms with Crippen molar-refractivity contribution in [1.29, 1.82) is 0 Å². The van der Waals surface area contributed by atoms with Crippen molar-refractivity contribution < 1.29 is 0 Å². The summed E-state index contributed by atoms with van der Waals surface area (Å²) in [5, 5.41) is 0. The molecule has 1 heteroatoms.